The highest BCUT2D eigenvalue weighted by molar-refractivity contribution is 8.00. The quantitative estimate of drug-likeness (QED) is 0.390. The molecule has 4 aromatic rings. The van der Waals surface area contributed by atoms with E-state index in [1.165, 1.54) is 24.0 Å². The number of benzene rings is 2. The van der Waals surface area contributed by atoms with Crippen LogP contribution in [0.5, 0.6) is 0 Å². The Kier molecular flexibility index (Phi) is 5.26. The van der Waals surface area contributed by atoms with E-state index in [0.29, 0.717) is 59.7 Å². The molecular formula is C23H19FN6O4S. The number of aromatic nitrogens is 4. The number of amides is 1. The molecule has 12 heteroatoms. The number of fused-ring (bicyclic) bond motifs is 1. The summed E-state index contributed by atoms with van der Waals surface area (Å²) >= 11 is 1.43. The predicted molar refractivity (Wildman–Crippen MR) is 126 cm³/mol. The molecule has 10 nitrogen and oxygen atoms in total. The first-order valence-electron chi connectivity index (χ1n) is 11.1. The number of rotatable bonds is 6. The minimum Gasteiger partial charge on any atom is -0.392 e. The lowest BCUT2D eigenvalue weighted by atomic mass is 10.1. The second kappa shape index (κ2) is 8.47. The van der Waals surface area contributed by atoms with Crippen molar-refractivity contribution in [3.05, 3.63) is 74.7 Å². The maximum Gasteiger partial charge on any atom is 0.441 e. The van der Waals surface area contributed by atoms with E-state index in [4.69, 9.17) is 4.42 Å². The van der Waals surface area contributed by atoms with Gasteiger partial charge in [-0.3, -0.25) is 9.59 Å². The molecule has 4 heterocycles. The van der Waals surface area contributed by atoms with Crippen LogP contribution in [0.4, 0.5) is 10.1 Å². The molecule has 0 radical (unpaired) electrons. The molecule has 0 saturated carbocycles. The Morgan fingerprint density at radius 3 is 3.00 bits per heavy atom. The molecule has 0 saturated heterocycles. The second-order valence-electron chi connectivity index (χ2n) is 8.34. The molecule has 0 spiro atoms. The fourth-order valence-electron chi connectivity index (χ4n) is 4.52. The normalized spacial score (nSPS) is 16.5. The zero-order chi connectivity index (χ0) is 24.1. The molecule has 35 heavy (non-hydrogen) atoms. The molecule has 0 aliphatic carbocycles. The van der Waals surface area contributed by atoms with Crippen molar-refractivity contribution in [1.82, 2.24) is 24.6 Å². The van der Waals surface area contributed by atoms with Crippen molar-refractivity contribution in [3.8, 4) is 5.69 Å². The van der Waals surface area contributed by atoms with Crippen molar-refractivity contribution in [1.29, 1.82) is 0 Å². The molecule has 178 valence electrons. The summed E-state index contributed by atoms with van der Waals surface area (Å²) in [4.78, 5) is 41.3. The van der Waals surface area contributed by atoms with Gasteiger partial charge in [-0.05, 0) is 43.3 Å². The van der Waals surface area contributed by atoms with E-state index in [1.54, 1.807) is 22.8 Å². The summed E-state index contributed by atoms with van der Waals surface area (Å²) in [6.07, 6.45) is 2.22. The number of nitrogens with one attached hydrogen (secondary N) is 2. The van der Waals surface area contributed by atoms with Crippen molar-refractivity contribution in [2.75, 3.05) is 17.6 Å². The molecule has 2 N–H and O–H groups in total. The third-order valence-corrected chi connectivity index (χ3v) is 7.17. The molecule has 0 unspecified atom stereocenters. The summed E-state index contributed by atoms with van der Waals surface area (Å²) in [5.74, 6) is -0.455. The molecular weight excluding hydrogens is 475 g/mol. The summed E-state index contributed by atoms with van der Waals surface area (Å²) in [6.45, 7) is 0.820. The Morgan fingerprint density at radius 1 is 1.23 bits per heavy atom. The zero-order valence-corrected chi connectivity index (χ0v) is 19.1. The summed E-state index contributed by atoms with van der Waals surface area (Å²) in [5, 5.41) is 10.4. The van der Waals surface area contributed by atoms with Gasteiger partial charge < -0.3 is 19.6 Å². The van der Waals surface area contributed by atoms with Crippen LogP contribution in [-0.2, 0) is 17.8 Å². The van der Waals surface area contributed by atoms with Gasteiger partial charge >= 0.3 is 5.76 Å². The lowest BCUT2D eigenvalue weighted by Gasteiger charge is -2.16. The van der Waals surface area contributed by atoms with Crippen LogP contribution >= 0.6 is 11.8 Å². The van der Waals surface area contributed by atoms with Crippen LogP contribution < -0.4 is 21.9 Å². The number of anilines is 1. The van der Waals surface area contributed by atoms with Crippen LogP contribution in [0.2, 0.25) is 0 Å². The van der Waals surface area contributed by atoms with Gasteiger partial charge in [-0.15, -0.1) is 16.9 Å². The molecule has 2 aromatic heterocycles. The summed E-state index contributed by atoms with van der Waals surface area (Å²) in [7, 11) is 0. The molecule has 0 bridgehead atoms. The number of nitrogens with zero attached hydrogens (tertiary/aromatic N) is 4. The van der Waals surface area contributed by atoms with Crippen molar-refractivity contribution in [3.63, 3.8) is 0 Å². The summed E-state index contributed by atoms with van der Waals surface area (Å²) in [6, 6.07) is 7.86. The van der Waals surface area contributed by atoms with E-state index in [2.05, 4.69) is 20.7 Å². The van der Waals surface area contributed by atoms with Gasteiger partial charge in [0, 0.05) is 23.4 Å². The molecule has 1 atom stereocenters. The highest BCUT2D eigenvalue weighted by Crippen LogP contribution is 2.33. The first-order chi connectivity index (χ1) is 17.0. The van der Waals surface area contributed by atoms with Gasteiger partial charge in [0.2, 0.25) is 11.8 Å². The maximum absolute atomic E-state index is 14.6. The van der Waals surface area contributed by atoms with Gasteiger partial charge in [-0.1, -0.05) is 0 Å². The highest BCUT2D eigenvalue weighted by Gasteiger charge is 2.28. The standard InChI is InChI=1S/C23H19FN6O4S/c24-13-4-5-14-22-21(13)16(10-29(22)20(32)9-26-14)25-7-1-2-19-28-30(23(33)34-19)12-3-6-17-15(8-12)27-18(31)11-35-17/h3-6,8-9,16,25H,1-2,7,10-11H2,(H,27,31)/t16-/m0/s1. The number of carbonyl (C=O) groups excluding carboxylic acids is 1. The molecule has 2 aliphatic heterocycles. The first-order valence-corrected chi connectivity index (χ1v) is 12.0. The van der Waals surface area contributed by atoms with E-state index in [1.807, 2.05) is 6.07 Å². The van der Waals surface area contributed by atoms with Gasteiger partial charge in [0.05, 0.1) is 40.4 Å². The van der Waals surface area contributed by atoms with Gasteiger partial charge in [0.25, 0.3) is 5.56 Å². The van der Waals surface area contributed by atoms with Crippen molar-refractivity contribution < 1.29 is 13.6 Å². The van der Waals surface area contributed by atoms with Crippen molar-refractivity contribution >= 4 is 34.4 Å². The minimum absolute atomic E-state index is 0.0945. The number of hydrogen-bond donors (Lipinski definition) is 2. The van der Waals surface area contributed by atoms with Crippen LogP contribution in [0.25, 0.3) is 16.7 Å². The number of halogens is 1. The molecule has 0 fully saturated rings. The Hall–Kier alpha value is -3.77. The van der Waals surface area contributed by atoms with Gasteiger partial charge in [-0.25, -0.2) is 14.2 Å². The van der Waals surface area contributed by atoms with Gasteiger partial charge in [0.15, 0.2) is 0 Å². The lowest BCUT2D eigenvalue weighted by Crippen LogP contribution is -2.26. The van der Waals surface area contributed by atoms with Crippen molar-refractivity contribution in [2.24, 2.45) is 0 Å². The number of hydrogen-bond acceptors (Lipinski definition) is 8. The topological polar surface area (TPSA) is 124 Å². The molecule has 2 aromatic carbocycles. The highest BCUT2D eigenvalue weighted by atomic mass is 32.2. The Balaban J connectivity index is 1.13. The van der Waals surface area contributed by atoms with E-state index in [9.17, 15) is 18.8 Å². The fourth-order valence-corrected chi connectivity index (χ4v) is 5.31. The SMILES string of the molecule is O=C1CSc2ccc(-n3nc(CCCN[C@H]4Cn5c(=O)cnc6ccc(F)c4c65)oc3=O)cc2N1. The number of aryl methyl sites for hydroxylation is 1. The fraction of sp³-hybridized carbons (Fsp3) is 0.261. The Labute approximate surface area is 201 Å². The third-order valence-electron chi connectivity index (χ3n) is 6.09. The minimum atomic E-state index is -0.616. The first kappa shape index (κ1) is 21.7. The number of carbonyl (C=O) groups is 1. The van der Waals surface area contributed by atoms with Gasteiger partial charge in [-0.2, -0.15) is 4.68 Å². The smallest absolute Gasteiger partial charge is 0.392 e. The van der Waals surface area contributed by atoms with E-state index >= 15 is 0 Å². The third kappa shape index (κ3) is 3.84. The van der Waals surface area contributed by atoms with E-state index in [0.717, 1.165) is 9.58 Å². The van der Waals surface area contributed by atoms with Crippen molar-refractivity contribution in [2.45, 2.75) is 30.3 Å². The van der Waals surface area contributed by atoms with Crippen LogP contribution in [0, 0.1) is 5.82 Å². The second-order valence-corrected chi connectivity index (χ2v) is 9.35. The number of thioether (sulfide) groups is 1. The Bertz CT molecular complexity index is 1610. The van der Waals surface area contributed by atoms with Crippen LogP contribution in [-0.4, -0.2) is 37.5 Å². The lowest BCUT2D eigenvalue weighted by molar-refractivity contribution is -0.113. The zero-order valence-electron chi connectivity index (χ0n) is 18.3. The Morgan fingerprint density at radius 2 is 2.11 bits per heavy atom. The van der Waals surface area contributed by atoms with Crippen LogP contribution in [0.3, 0.4) is 0 Å². The monoisotopic (exact) mass is 494 g/mol. The van der Waals surface area contributed by atoms with E-state index < -0.39 is 5.76 Å². The summed E-state index contributed by atoms with van der Waals surface area (Å²) in [5.41, 5.74) is 2.43. The average Bonchev–Trinajstić information content (AvgIpc) is 3.42. The summed E-state index contributed by atoms with van der Waals surface area (Å²) < 4.78 is 22.6. The van der Waals surface area contributed by atoms with E-state index in [-0.39, 0.29) is 29.2 Å². The molecule has 1 amide bonds. The van der Waals surface area contributed by atoms with Gasteiger partial charge in [0.1, 0.15) is 5.82 Å². The van der Waals surface area contributed by atoms with Crippen LogP contribution in [0.1, 0.15) is 23.9 Å². The predicted octanol–water partition coefficient (Wildman–Crippen LogP) is 2.00. The molecule has 6 rings (SSSR count). The van der Waals surface area contributed by atoms with Crippen LogP contribution in [0.15, 0.2) is 55.4 Å². The maximum atomic E-state index is 14.6. The largest absolute Gasteiger partial charge is 0.441 e. The average molecular weight is 495 g/mol. The molecule has 2 aliphatic rings.